The summed E-state index contributed by atoms with van der Waals surface area (Å²) in [6.07, 6.45) is 5.54. The van der Waals surface area contributed by atoms with E-state index in [1.54, 1.807) is 0 Å². The van der Waals surface area contributed by atoms with Gasteiger partial charge in [0.15, 0.2) is 0 Å². The van der Waals surface area contributed by atoms with E-state index in [2.05, 4.69) is 60.7 Å². The standard InChI is InChI=1S/C18H13N/c19-11-17-14-6-8-16(10-14)18(17)15-7-5-12-3-1-2-4-13(12)9-15/h1-9,14,16H,10H2. The Morgan fingerprint density at radius 3 is 2.58 bits per heavy atom. The lowest BCUT2D eigenvalue weighted by atomic mass is 9.90. The minimum atomic E-state index is 0.358. The Balaban J connectivity index is 1.91. The number of allylic oxidation sites excluding steroid dienone is 4. The van der Waals surface area contributed by atoms with Gasteiger partial charge >= 0.3 is 0 Å². The van der Waals surface area contributed by atoms with Crippen molar-refractivity contribution in [2.24, 2.45) is 11.8 Å². The van der Waals surface area contributed by atoms with Crippen molar-refractivity contribution in [3.05, 3.63) is 65.8 Å². The van der Waals surface area contributed by atoms with Crippen LogP contribution in [0.25, 0.3) is 16.3 Å². The van der Waals surface area contributed by atoms with Gasteiger partial charge in [-0.3, -0.25) is 0 Å². The molecule has 2 aromatic carbocycles. The molecule has 0 saturated carbocycles. The van der Waals surface area contributed by atoms with E-state index in [0.717, 1.165) is 12.0 Å². The predicted molar refractivity (Wildman–Crippen MR) is 77.2 cm³/mol. The molecule has 90 valence electrons. The van der Waals surface area contributed by atoms with Crippen LogP contribution in [0.15, 0.2) is 60.2 Å². The van der Waals surface area contributed by atoms with Gasteiger partial charge in [0, 0.05) is 17.4 Å². The van der Waals surface area contributed by atoms with Crippen molar-refractivity contribution < 1.29 is 0 Å². The molecular weight excluding hydrogens is 230 g/mol. The van der Waals surface area contributed by atoms with Crippen LogP contribution in [0.5, 0.6) is 0 Å². The quantitative estimate of drug-likeness (QED) is 0.684. The number of hydrogen-bond acceptors (Lipinski definition) is 1. The molecule has 0 fully saturated rings. The molecule has 0 amide bonds. The Bertz CT molecular complexity index is 774. The molecule has 0 aromatic heterocycles. The molecule has 1 nitrogen and oxygen atoms in total. The molecule has 2 atom stereocenters. The maximum absolute atomic E-state index is 9.39. The van der Waals surface area contributed by atoms with Crippen molar-refractivity contribution in [1.29, 1.82) is 5.26 Å². The maximum atomic E-state index is 9.39. The minimum Gasteiger partial charge on any atom is -0.193 e. The molecule has 4 rings (SSSR count). The number of benzene rings is 2. The molecular formula is C18H13N. The second-order valence-corrected chi connectivity index (χ2v) is 5.33. The van der Waals surface area contributed by atoms with E-state index in [1.807, 2.05) is 0 Å². The third kappa shape index (κ3) is 1.47. The third-order valence-electron chi connectivity index (χ3n) is 4.30. The zero-order valence-corrected chi connectivity index (χ0v) is 10.5. The molecule has 0 N–H and O–H groups in total. The van der Waals surface area contributed by atoms with Gasteiger partial charge in [0.25, 0.3) is 0 Å². The predicted octanol–water partition coefficient (Wildman–Crippen LogP) is 4.32. The summed E-state index contributed by atoms with van der Waals surface area (Å²) in [4.78, 5) is 0. The van der Waals surface area contributed by atoms with E-state index in [9.17, 15) is 5.26 Å². The van der Waals surface area contributed by atoms with Crippen LogP contribution in [0.3, 0.4) is 0 Å². The highest BCUT2D eigenvalue weighted by atomic mass is 14.4. The minimum absolute atomic E-state index is 0.358. The van der Waals surface area contributed by atoms with Gasteiger partial charge in [-0.25, -0.2) is 0 Å². The van der Waals surface area contributed by atoms with E-state index in [4.69, 9.17) is 0 Å². The Labute approximate surface area is 112 Å². The molecule has 0 spiro atoms. The lowest BCUT2D eigenvalue weighted by Crippen LogP contribution is -1.97. The summed E-state index contributed by atoms with van der Waals surface area (Å²) in [5, 5.41) is 11.9. The first-order chi connectivity index (χ1) is 9.36. The van der Waals surface area contributed by atoms with Crippen molar-refractivity contribution in [2.75, 3.05) is 0 Å². The number of fused-ring (bicyclic) bond motifs is 3. The molecule has 2 aliphatic carbocycles. The third-order valence-corrected chi connectivity index (χ3v) is 4.30. The van der Waals surface area contributed by atoms with Gasteiger partial charge in [-0.1, -0.05) is 48.6 Å². The van der Waals surface area contributed by atoms with Crippen LogP contribution in [0, 0.1) is 23.2 Å². The second-order valence-electron chi connectivity index (χ2n) is 5.33. The molecule has 0 aliphatic heterocycles. The summed E-state index contributed by atoms with van der Waals surface area (Å²) < 4.78 is 0. The van der Waals surface area contributed by atoms with Crippen LogP contribution in [0.2, 0.25) is 0 Å². The van der Waals surface area contributed by atoms with E-state index >= 15 is 0 Å². The van der Waals surface area contributed by atoms with Crippen molar-refractivity contribution in [3.63, 3.8) is 0 Å². The van der Waals surface area contributed by atoms with Crippen LogP contribution in [-0.4, -0.2) is 0 Å². The van der Waals surface area contributed by atoms with Crippen LogP contribution in [0.4, 0.5) is 0 Å². The fourth-order valence-corrected chi connectivity index (χ4v) is 3.40. The first-order valence-electron chi connectivity index (χ1n) is 6.68. The van der Waals surface area contributed by atoms with Gasteiger partial charge in [0.1, 0.15) is 0 Å². The molecule has 0 radical (unpaired) electrons. The lowest BCUT2D eigenvalue weighted by Gasteiger charge is -2.13. The van der Waals surface area contributed by atoms with E-state index in [1.165, 1.54) is 21.9 Å². The van der Waals surface area contributed by atoms with Crippen LogP contribution < -0.4 is 0 Å². The van der Waals surface area contributed by atoms with Gasteiger partial charge in [-0.15, -0.1) is 0 Å². The summed E-state index contributed by atoms with van der Waals surface area (Å²) in [5.41, 5.74) is 3.44. The first kappa shape index (κ1) is 10.6. The highest BCUT2D eigenvalue weighted by molar-refractivity contribution is 5.89. The second kappa shape index (κ2) is 3.83. The zero-order valence-electron chi connectivity index (χ0n) is 10.5. The van der Waals surface area contributed by atoms with E-state index in [0.29, 0.717) is 11.8 Å². The van der Waals surface area contributed by atoms with Crippen molar-refractivity contribution >= 4 is 16.3 Å². The average molecular weight is 243 g/mol. The molecule has 1 heteroatoms. The topological polar surface area (TPSA) is 23.8 Å². The number of rotatable bonds is 1. The summed E-state index contributed by atoms with van der Waals surface area (Å²) in [7, 11) is 0. The molecule has 2 aromatic rings. The normalized spacial score (nSPS) is 24.2. The Hall–Kier alpha value is -2.33. The summed E-state index contributed by atoms with van der Waals surface area (Å²) in [5.74, 6) is 0.803. The number of hydrogen-bond donors (Lipinski definition) is 0. The van der Waals surface area contributed by atoms with Gasteiger partial charge < -0.3 is 0 Å². The molecule has 2 unspecified atom stereocenters. The van der Waals surface area contributed by atoms with E-state index in [-0.39, 0.29) is 0 Å². The molecule has 0 saturated heterocycles. The summed E-state index contributed by atoms with van der Waals surface area (Å²) >= 11 is 0. The fraction of sp³-hybridized carbons (Fsp3) is 0.167. The molecule has 19 heavy (non-hydrogen) atoms. The average Bonchev–Trinajstić information content (AvgIpc) is 3.07. The molecule has 2 bridgehead atoms. The summed E-state index contributed by atoms with van der Waals surface area (Å²) in [6, 6.07) is 17.3. The zero-order chi connectivity index (χ0) is 12.8. The smallest absolute Gasteiger partial charge is 0.0956 e. The van der Waals surface area contributed by atoms with Crippen molar-refractivity contribution in [1.82, 2.24) is 0 Å². The Kier molecular flexibility index (Phi) is 2.13. The fourth-order valence-electron chi connectivity index (χ4n) is 3.40. The van der Waals surface area contributed by atoms with Gasteiger partial charge in [-0.05, 0) is 34.4 Å². The largest absolute Gasteiger partial charge is 0.193 e. The Morgan fingerprint density at radius 2 is 1.74 bits per heavy atom. The van der Waals surface area contributed by atoms with Crippen molar-refractivity contribution in [3.8, 4) is 6.07 Å². The van der Waals surface area contributed by atoms with Crippen LogP contribution >= 0.6 is 0 Å². The van der Waals surface area contributed by atoms with Gasteiger partial charge in [0.2, 0.25) is 0 Å². The summed E-state index contributed by atoms with van der Waals surface area (Å²) in [6.45, 7) is 0. The first-order valence-corrected chi connectivity index (χ1v) is 6.68. The highest BCUT2D eigenvalue weighted by Gasteiger charge is 2.35. The van der Waals surface area contributed by atoms with E-state index < -0.39 is 0 Å². The monoisotopic (exact) mass is 243 g/mol. The maximum Gasteiger partial charge on any atom is 0.0956 e. The van der Waals surface area contributed by atoms with Gasteiger partial charge in [-0.2, -0.15) is 5.26 Å². The number of nitrogens with zero attached hydrogens (tertiary/aromatic N) is 1. The van der Waals surface area contributed by atoms with Crippen LogP contribution in [0.1, 0.15) is 12.0 Å². The lowest BCUT2D eigenvalue weighted by molar-refractivity contribution is 0.727. The van der Waals surface area contributed by atoms with Gasteiger partial charge in [0.05, 0.1) is 6.07 Å². The Morgan fingerprint density at radius 1 is 0.947 bits per heavy atom. The SMILES string of the molecule is N#CC1=C(c2ccc3ccccc3c2)C2C=CC1C2. The van der Waals surface area contributed by atoms with Crippen LogP contribution in [-0.2, 0) is 0 Å². The van der Waals surface area contributed by atoms with Crippen molar-refractivity contribution in [2.45, 2.75) is 6.42 Å². The molecule has 2 aliphatic rings. The molecule has 0 heterocycles. The highest BCUT2D eigenvalue weighted by Crippen LogP contribution is 2.48. The number of nitriles is 1.